The van der Waals surface area contributed by atoms with E-state index in [9.17, 15) is 13.2 Å². The molecule has 1 N–H and O–H groups in total. The first-order valence-corrected chi connectivity index (χ1v) is 7.49. The van der Waals surface area contributed by atoms with Gasteiger partial charge in [0.1, 0.15) is 11.4 Å². The lowest BCUT2D eigenvalue weighted by molar-refractivity contribution is -0.137. The Kier molecular flexibility index (Phi) is 5.07. The number of carboxylic acid groups (broad SMARTS) is 1. The highest BCUT2D eigenvalue weighted by Crippen LogP contribution is 2.17. The fraction of sp³-hybridized carbons (Fsp3) is 0.636. The number of hydrogen-bond acceptors (Lipinski definition) is 4. The summed E-state index contributed by atoms with van der Waals surface area (Å²) in [6.45, 7) is 5.57. The van der Waals surface area contributed by atoms with Gasteiger partial charge in [-0.3, -0.25) is 9.48 Å². The molecule has 1 aromatic heterocycles. The number of hydrogen-bond donors (Lipinski definition) is 1. The number of sulfonamides is 1. The first kappa shape index (κ1) is 15.6. The summed E-state index contributed by atoms with van der Waals surface area (Å²) in [7, 11) is -3.62. The predicted molar refractivity (Wildman–Crippen MR) is 69.2 cm³/mol. The van der Waals surface area contributed by atoms with E-state index in [0.717, 1.165) is 4.68 Å². The average molecular weight is 289 g/mol. The molecular formula is C11H19N3O4S. The van der Waals surface area contributed by atoms with Gasteiger partial charge in [-0.25, -0.2) is 8.42 Å². The molecule has 1 heterocycles. The van der Waals surface area contributed by atoms with Crippen molar-refractivity contribution in [3.05, 3.63) is 12.4 Å². The van der Waals surface area contributed by atoms with E-state index in [1.54, 1.807) is 13.8 Å². The lowest BCUT2D eigenvalue weighted by Gasteiger charge is -2.24. The Hall–Kier alpha value is -1.41. The van der Waals surface area contributed by atoms with Crippen LogP contribution in [0.2, 0.25) is 0 Å². The van der Waals surface area contributed by atoms with Gasteiger partial charge in [0.2, 0.25) is 10.0 Å². The number of aromatic nitrogens is 2. The summed E-state index contributed by atoms with van der Waals surface area (Å²) in [6.07, 6.45) is 3.14. The van der Waals surface area contributed by atoms with Crippen LogP contribution in [0.1, 0.15) is 27.2 Å². The van der Waals surface area contributed by atoms with E-state index in [2.05, 4.69) is 5.10 Å². The van der Waals surface area contributed by atoms with Crippen LogP contribution >= 0.6 is 0 Å². The van der Waals surface area contributed by atoms with Gasteiger partial charge in [-0.2, -0.15) is 9.40 Å². The van der Waals surface area contributed by atoms with Crippen LogP contribution in [0.3, 0.4) is 0 Å². The van der Waals surface area contributed by atoms with Crippen LogP contribution in [-0.2, 0) is 21.4 Å². The maximum Gasteiger partial charge on any atom is 0.325 e. The van der Waals surface area contributed by atoms with Crippen LogP contribution < -0.4 is 0 Å². The number of rotatable bonds is 7. The second-order valence-electron chi connectivity index (χ2n) is 4.48. The van der Waals surface area contributed by atoms with Gasteiger partial charge in [0.25, 0.3) is 0 Å². The zero-order valence-corrected chi connectivity index (χ0v) is 12.1. The minimum absolute atomic E-state index is 0.0240. The Morgan fingerprint density at radius 1 is 1.53 bits per heavy atom. The van der Waals surface area contributed by atoms with Gasteiger partial charge in [0, 0.05) is 18.8 Å². The molecule has 0 aliphatic rings. The molecule has 0 radical (unpaired) electrons. The van der Waals surface area contributed by atoms with Crippen molar-refractivity contribution in [2.24, 2.45) is 0 Å². The van der Waals surface area contributed by atoms with Crippen molar-refractivity contribution in [3.63, 3.8) is 0 Å². The van der Waals surface area contributed by atoms with Crippen molar-refractivity contribution in [1.29, 1.82) is 0 Å². The zero-order chi connectivity index (χ0) is 14.6. The molecule has 0 bridgehead atoms. The Bertz CT molecular complexity index is 536. The molecule has 0 saturated heterocycles. The molecule has 7 nitrogen and oxygen atoms in total. The summed E-state index contributed by atoms with van der Waals surface area (Å²) < 4.78 is 27.3. The van der Waals surface area contributed by atoms with Crippen LogP contribution in [0, 0.1) is 0 Å². The molecule has 108 valence electrons. The second kappa shape index (κ2) is 6.16. The lowest BCUT2D eigenvalue weighted by atomic mass is 10.4. The summed E-state index contributed by atoms with van der Waals surface area (Å²) in [6, 6.07) is -0.159. The third-order valence-electron chi connectivity index (χ3n) is 2.53. The largest absolute Gasteiger partial charge is 0.480 e. The fourth-order valence-electron chi connectivity index (χ4n) is 1.71. The van der Waals surface area contributed by atoms with Gasteiger partial charge >= 0.3 is 5.97 Å². The Balaban J connectivity index is 3.04. The maximum absolute atomic E-state index is 12.4. The molecule has 0 aromatic carbocycles. The molecule has 8 heteroatoms. The fourth-order valence-corrected chi connectivity index (χ4v) is 3.40. The quantitative estimate of drug-likeness (QED) is 0.800. The standard InChI is InChI=1S/C11H19N3O4S/c1-4-5-14(9(2)3)19(17,18)10-6-12-13(7-10)8-11(15)16/h6-7,9H,4-5,8H2,1-3H3,(H,15,16). The summed E-state index contributed by atoms with van der Waals surface area (Å²) >= 11 is 0. The highest BCUT2D eigenvalue weighted by molar-refractivity contribution is 7.89. The second-order valence-corrected chi connectivity index (χ2v) is 6.37. The Morgan fingerprint density at radius 2 is 2.16 bits per heavy atom. The number of carboxylic acids is 1. The minimum atomic E-state index is -3.62. The minimum Gasteiger partial charge on any atom is -0.480 e. The van der Waals surface area contributed by atoms with Crippen molar-refractivity contribution in [3.8, 4) is 0 Å². The maximum atomic E-state index is 12.4. The number of nitrogens with zero attached hydrogens (tertiary/aromatic N) is 3. The van der Waals surface area contributed by atoms with E-state index in [0.29, 0.717) is 13.0 Å². The molecular weight excluding hydrogens is 270 g/mol. The molecule has 1 rings (SSSR count). The molecule has 0 fully saturated rings. The third kappa shape index (κ3) is 3.77. The molecule has 0 amide bonds. The summed E-state index contributed by atoms with van der Waals surface area (Å²) in [5, 5.41) is 12.4. The van der Waals surface area contributed by atoms with Gasteiger partial charge < -0.3 is 5.11 Å². The molecule has 0 aliphatic carbocycles. The van der Waals surface area contributed by atoms with Gasteiger partial charge in [0.15, 0.2) is 0 Å². The van der Waals surface area contributed by atoms with Crippen molar-refractivity contribution in [2.75, 3.05) is 6.54 Å². The number of aliphatic carboxylic acids is 1. The predicted octanol–water partition coefficient (Wildman–Crippen LogP) is 0.777. The monoisotopic (exact) mass is 289 g/mol. The number of carbonyl (C=O) groups is 1. The molecule has 0 saturated carbocycles. The summed E-state index contributed by atoms with van der Waals surface area (Å²) in [5.74, 6) is -1.07. The van der Waals surface area contributed by atoms with Crippen LogP contribution in [0.4, 0.5) is 0 Å². The topological polar surface area (TPSA) is 92.5 Å². The first-order chi connectivity index (χ1) is 8.78. The lowest BCUT2D eigenvalue weighted by Crippen LogP contribution is -2.37. The van der Waals surface area contributed by atoms with Gasteiger partial charge in [-0.15, -0.1) is 0 Å². The van der Waals surface area contributed by atoms with Crippen molar-refractivity contribution in [1.82, 2.24) is 14.1 Å². The van der Waals surface area contributed by atoms with E-state index in [1.807, 2.05) is 6.92 Å². The van der Waals surface area contributed by atoms with E-state index in [4.69, 9.17) is 5.11 Å². The van der Waals surface area contributed by atoms with Crippen molar-refractivity contribution >= 4 is 16.0 Å². The molecule has 19 heavy (non-hydrogen) atoms. The zero-order valence-electron chi connectivity index (χ0n) is 11.3. The normalized spacial score (nSPS) is 12.3. The molecule has 0 spiro atoms. The van der Waals surface area contributed by atoms with E-state index in [-0.39, 0.29) is 17.5 Å². The first-order valence-electron chi connectivity index (χ1n) is 6.05. The third-order valence-corrected chi connectivity index (χ3v) is 4.56. The van der Waals surface area contributed by atoms with E-state index < -0.39 is 16.0 Å². The summed E-state index contributed by atoms with van der Waals surface area (Å²) in [4.78, 5) is 10.6. The Morgan fingerprint density at radius 3 is 2.63 bits per heavy atom. The Labute approximate surface area is 112 Å². The highest BCUT2D eigenvalue weighted by Gasteiger charge is 2.27. The molecule has 0 atom stereocenters. The van der Waals surface area contributed by atoms with Crippen molar-refractivity contribution in [2.45, 2.75) is 44.7 Å². The van der Waals surface area contributed by atoms with Crippen LogP contribution in [0.25, 0.3) is 0 Å². The molecule has 0 unspecified atom stereocenters. The van der Waals surface area contributed by atoms with Crippen LogP contribution in [0.5, 0.6) is 0 Å². The SMILES string of the molecule is CCCN(C(C)C)S(=O)(=O)c1cnn(CC(=O)O)c1. The molecule has 1 aromatic rings. The van der Waals surface area contributed by atoms with E-state index in [1.165, 1.54) is 16.7 Å². The highest BCUT2D eigenvalue weighted by atomic mass is 32.2. The average Bonchev–Trinajstić information content (AvgIpc) is 2.73. The van der Waals surface area contributed by atoms with Gasteiger partial charge in [-0.1, -0.05) is 6.92 Å². The summed E-state index contributed by atoms with van der Waals surface area (Å²) in [5.41, 5.74) is 0. The van der Waals surface area contributed by atoms with Gasteiger partial charge in [-0.05, 0) is 20.3 Å². The van der Waals surface area contributed by atoms with Gasteiger partial charge in [0.05, 0.1) is 6.20 Å². The van der Waals surface area contributed by atoms with Crippen molar-refractivity contribution < 1.29 is 18.3 Å². The van der Waals surface area contributed by atoms with Crippen LogP contribution in [-0.4, -0.2) is 46.2 Å². The van der Waals surface area contributed by atoms with Crippen LogP contribution in [0.15, 0.2) is 17.3 Å². The smallest absolute Gasteiger partial charge is 0.325 e. The van der Waals surface area contributed by atoms with E-state index >= 15 is 0 Å². The molecule has 0 aliphatic heterocycles.